The summed E-state index contributed by atoms with van der Waals surface area (Å²) < 4.78 is 0. The van der Waals surface area contributed by atoms with Crippen molar-refractivity contribution in [3.8, 4) is 0 Å². The molecule has 3 aromatic heterocycles. The molecule has 1 aromatic carbocycles. The number of hydrogen-bond donors (Lipinski definition) is 2. The van der Waals surface area contributed by atoms with Crippen LogP contribution in [-0.4, -0.2) is 63.9 Å². The van der Waals surface area contributed by atoms with Gasteiger partial charge in [-0.15, -0.1) is 11.3 Å². The van der Waals surface area contributed by atoms with Gasteiger partial charge in [0.15, 0.2) is 0 Å². The molecular formula is C25H22N6O2S. The fraction of sp³-hybridized carbons (Fsp3) is 0.280. The van der Waals surface area contributed by atoms with Crippen LogP contribution in [0.3, 0.4) is 0 Å². The lowest BCUT2D eigenvalue weighted by atomic mass is 9.97. The van der Waals surface area contributed by atoms with Crippen LogP contribution in [0.15, 0.2) is 41.9 Å². The standard InChI is InChI=1S/C25H22N6O2S/c32-22-19(17-12-26-24-15(17)7-11-34-24)20(23(33)29-22)21-16-5-1-2-6-18(16)27-25(28-21)31-10-9-30-8-3-4-14(30)13-31/h1-2,5-7,11-12,14,26H,3-4,8-10,13H2,(H,29,32,33)/t14-/m0/s1. The van der Waals surface area contributed by atoms with Gasteiger partial charge in [0.2, 0.25) is 5.95 Å². The zero-order chi connectivity index (χ0) is 22.8. The number of imide groups is 1. The number of nitrogens with zero attached hydrogens (tertiary/aromatic N) is 4. The number of carbonyl (C=O) groups excluding carboxylic acids is 2. The Labute approximate surface area is 199 Å². The van der Waals surface area contributed by atoms with Crippen molar-refractivity contribution in [2.75, 3.05) is 31.1 Å². The van der Waals surface area contributed by atoms with Crippen LogP contribution < -0.4 is 10.2 Å². The number of aromatic nitrogens is 3. The third-order valence-corrected chi connectivity index (χ3v) is 8.05. The molecule has 1 atom stereocenters. The molecule has 2 amide bonds. The Morgan fingerprint density at radius 3 is 2.79 bits per heavy atom. The van der Waals surface area contributed by atoms with Crippen LogP contribution >= 0.6 is 11.3 Å². The minimum atomic E-state index is -0.417. The van der Waals surface area contributed by atoms with Crippen molar-refractivity contribution in [2.45, 2.75) is 18.9 Å². The third kappa shape index (κ3) is 2.93. The molecule has 4 aromatic rings. The molecule has 2 saturated heterocycles. The zero-order valence-electron chi connectivity index (χ0n) is 18.4. The first-order valence-corrected chi connectivity index (χ1v) is 12.5. The molecule has 0 radical (unpaired) electrons. The van der Waals surface area contributed by atoms with E-state index in [0.717, 1.165) is 52.9 Å². The van der Waals surface area contributed by atoms with Gasteiger partial charge in [0.05, 0.1) is 22.4 Å². The third-order valence-electron chi connectivity index (χ3n) is 7.20. The summed E-state index contributed by atoms with van der Waals surface area (Å²) in [5.74, 6) is -0.190. The summed E-state index contributed by atoms with van der Waals surface area (Å²) in [6.45, 7) is 3.87. The van der Waals surface area contributed by atoms with E-state index < -0.39 is 11.8 Å². The van der Waals surface area contributed by atoms with Crippen LogP contribution in [0.25, 0.3) is 32.3 Å². The van der Waals surface area contributed by atoms with Gasteiger partial charge >= 0.3 is 0 Å². The number of fused-ring (bicyclic) bond motifs is 3. The molecule has 0 spiro atoms. The highest BCUT2D eigenvalue weighted by Crippen LogP contribution is 2.38. The molecule has 2 fully saturated rings. The molecule has 8 nitrogen and oxygen atoms in total. The lowest BCUT2D eigenvalue weighted by molar-refractivity contribution is -0.122. The SMILES string of the molecule is O=C1NC(=O)C(c2c[nH]c3sccc23)=C1c1nc(N2CCN3CCC[C@H]3C2)nc2ccccc12. The first-order chi connectivity index (χ1) is 16.7. The second-order valence-electron chi connectivity index (χ2n) is 9.07. The van der Waals surface area contributed by atoms with Gasteiger partial charge in [-0.2, -0.15) is 0 Å². The zero-order valence-corrected chi connectivity index (χ0v) is 19.2. The average Bonchev–Trinajstić information content (AvgIpc) is 3.62. The van der Waals surface area contributed by atoms with Crippen molar-refractivity contribution in [3.05, 3.63) is 53.2 Å². The predicted octanol–water partition coefficient (Wildman–Crippen LogP) is 3.02. The summed E-state index contributed by atoms with van der Waals surface area (Å²) in [6, 6.07) is 10.2. The highest BCUT2D eigenvalue weighted by atomic mass is 32.1. The van der Waals surface area contributed by atoms with Gasteiger partial charge in [-0.1, -0.05) is 18.2 Å². The minimum absolute atomic E-state index is 0.316. The fourth-order valence-corrected chi connectivity index (χ4v) is 6.33. The Morgan fingerprint density at radius 1 is 0.971 bits per heavy atom. The number of piperazine rings is 1. The normalized spacial score (nSPS) is 21.2. The van der Waals surface area contributed by atoms with E-state index in [9.17, 15) is 9.59 Å². The molecule has 6 heterocycles. The van der Waals surface area contributed by atoms with Gasteiger partial charge in [-0.25, -0.2) is 9.97 Å². The monoisotopic (exact) mass is 470 g/mol. The van der Waals surface area contributed by atoms with E-state index in [1.54, 1.807) is 17.5 Å². The van der Waals surface area contributed by atoms with Crippen molar-refractivity contribution in [1.29, 1.82) is 0 Å². The topological polar surface area (TPSA) is 94.2 Å². The summed E-state index contributed by atoms with van der Waals surface area (Å²) in [5.41, 5.74) is 2.68. The molecule has 170 valence electrons. The molecule has 0 bridgehead atoms. The molecular weight excluding hydrogens is 448 g/mol. The Balaban J connectivity index is 1.43. The molecule has 2 N–H and O–H groups in total. The maximum absolute atomic E-state index is 13.2. The van der Waals surface area contributed by atoms with Crippen LogP contribution in [0, 0.1) is 0 Å². The Kier molecular flexibility index (Phi) is 4.37. The molecule has 0 aliphatic carbocycles. The average molecular weight is 471 g/mol. The van der Waals surface area contributed by atoms with E-state index >= 15 is 0 Å². The van der Waals surface area contributed by atoms with Gasteiger partial charge < -0.3 is 9.88 Å². The molecule has 3 aliphatic heterocycles. The molecule has 34 heavy (non-hydrogen) atoms. The van der Waals surface area contributed by atoms with Crippen molar-refractivity contribution < 1.29 is 9.59 Å². The Morgan fingerprint density at radius 2 is 1.85 bits per heavy atom. The van der Waals surface area contributed by atoms with Gasteiger partial charge in [-0.3, -0.25) is 19.8 Å². The van der Waals surface area contributed by atoms with Crippen LogP contribution in [0.4, 0.5) is 5.95 Å². The summed E-state index contributed by atoms with van der Waals surface area (Å²) in [7, 11) is 0. The van der Waals surface area contributed by atoms with Gasteiger partial charge in [0.1, 0.15) is 4.83 Å². The van der Waals surface area contributed by atoms with E-state index in [4.69, 9.17) is 9.97 Å². The number of anilines is 1. The van der Waals surface area contributed by atoms with Crippen LogP contribution in [0.1, 0.15) is 24.1 Å². The lowest BCUT2D eigenvalue weighted by Gasteiger charge is -2.37. The number of para-hydroxylation sites is 1. The number of benzene rings is 1. The summed E-state index contributed by atoms with van der Waals surface area (Å²) >= 11 is 1.57. The van der Waals surface area contributed by atoms with E-state index in [-0.39, 0.29) is 0 Å². The fourth-order valence-electron chi connectivity index (χ4n) is 5.56. The van der Waals surface area contributed by atoms with Gasteiger partial charge in [0, 0.05) is 48.2 Å². The van der Waals surface area contributed by atoms with Crippen molar-refractivity contribution >= 4 is 61.4 Å². The number of thiophene rings is 1. The lowest BCUT2D eigenvalue weighted by Crippen LogP contribution is -2.50. The number of nitrogens with one attached hydrogen (secondary N) is 2. The molecule has 0 unspecified atom stereocenters. The highest BCUT2D eigenvalue weighted by Gasteiger charge is 2.37. The van der Waals surface area contributed by atoms with Crippen molar-refractivity contribution in [3.63, 3.8) is 0 Å². The van der Waals surface area contributed by atoms with Gasteiger partial charge in [-0.05, 0) is 36.9 Å². The van der Waals surface area contributed by atoms with Gasteiger partial charge in [0.25, 0.3) is 11.8 Å². The predicted molar refractivity (Wildman–Crippen MR) is 132 cm³/mol. The quantitative estimate of drug-likeness (QED) is 0.447. The highest BCUT2D eigenvalue weighted by molar-refractivity contribution is 7.16. The number of carbonyl (C=O) groups is 2. The number of amides is 2. The van der Waals surface area contributed by atoms with E-state index in [1.165, 1.54) is 12.8 Å². The largest absolute Gasteiger partial charge is 0.352 e. The van der Waals surface area contributed by atoms with Crippen molar-refractivity contribution in [2.24, 2.45) is 0 Å². The van der Waals surface area contributed by atoms with Crippen LogP contribution in [0.2, 0.25) is 0 Å². The first-order valence-electron chi connectivity index (χ1n) is 11.6. The summed E-state index contributed by atoms with van der Waals surface area (Å²) in [5, 5.41) is 6.18. The second-order valence-corrected chi connectivity index (χ2v) is 9.98. The second kappa shape index (κ2) is 7.48. The maximum atomic E-state index is 13.2. The van der Waals surface area contributed by atoms with Crippen LogP contribution in [-0.2, 0) is 9.59 Å². The van der Waals surface area contributed by atoms with E-state index in [0.29, 0.717) is 28.8 Å². The molecule has 3 aliphatic rings. The number of rotatable bonds is 3. The number of H-pyrrole nitrogens is 1. The van der Waals surface area contributed by atoms with E-state index in [2.05, 4.69) is 20.1 Å². The minimum Gasteiger partial charge on any atom is -0.352 e. The summed E-state index contributed by atoms with van der Waals surface area (Å²) in [6.07, 6.45) is 4.22. The smallest absolute Gasteiger partial charge is 0.261 e. The first kappa shape index (κ1) is 19.9. The van der Waals surface area contributed by atoms with E-state index in [1.807, 2.05) is 35.7 Å². The Bertz CT molecular complexity index is 1520. The number of hydrogen-bond acceptors (Lipinski definition) is 7. The molecule has 0 saturated carbocycles. The molecule has 7 rings (SSSR count). The Hall–Kier alpha value is -3.56. The maximum Gasteiger partial charge on any atom is 0.261 e. The van der Waals surface area contributed by atoms with Crippen molar-refractivity contribution in [1.82, 2.24) is 25.2 Å². The number of aromatic amines is 1. The van der Waals surface area contributed by atoms with Crippen LogP contribution in [0.5, 0.6) is 0 Å². The molecule has 9 heteroatoms. The summed E-state index contributed by atoms with van der Waals surface area (Å²) in [4.78, 5) is 45.0.